The molecule has 0 aliphatic rings. The van der Waals surface area contributed by atoms with Crippen molar-refractivity contribution in [2.45, 2.75) is 63.9 Å². The SMILES string of the molecule is COC(=O)[C@@H](OC(C)(C)C)c1c(C)c(S(=O)(=O)Cc2ccccc2)c(Br)c(C)c1-c1ccc(C)cc1. The molecule has 0 aliphatic carbocycles. The van der Waals surface area contributed by atoms with Crippen LogP contribution in [0.5, 0.6) is 0 Å². The molecule has 36 heavy (non-hydrogen) atoms. The van der Waals surface area contributed by atoms with Crippen LogP contribution < -0.4 is 0 Å². The number of esters is 1. The molecule has 0 heterocycles. The van der Waals surface area contributed by atoms with Crippen LogP contribution in [0.15, 0.2) is 64.0 Å². The number of halogens is 1. The maximum Gasteiger partial charge on any atom is 0.339 e. The molecule has 7 heteroatoms. The second-order valence-corrected chi connectivity index (χ2v) is 12.6. The molecular weight excluding hydrogens is 540 g/mol. The molecular formula is C29H33BrO5S. The van der Waals surface area contributed by atoms with Crippen LogP contribution in [0, 0.1) is 20.8 Å². The largest absolute Gasteiger partial charge is 0.467 e. The van der Waals surface area contributed by atoms with E-state index in [1.54, 1.807) is 19.1 Å². The first-order valence-electron chi connectivity index (χ1n) is 11.7. The second kappa shape index (κ2) is 10.9. The van der Waals surface area contributed by atoms with E-state index in [1.165, 1.54) is 7.11 Å². The van der Waals surface area contributed by atoms with Crippen LogP contribution >= 0.6 is 15.9 Å². The Morgan fingerprint density at radius 3 is 2.06 bits per heavy atom. The molecule has 0 saturated carbocycles. The standard InChI is InChI=1S/C29H33BrO5S/c1-18-13-15-22(16-14-18)23-19(2)25(30)27(36(32,33)17-21-11-9-8-10-12-21)20(3)24(23)26(28(31)34-7)35-29(4,5)6/h8-16,26H,17H2,1-7H3/t26-/m0/s1. The van der Waals surface area contributed by atoms with Gasteiger partial charge in [-0.1, -0.05) is 60.2 Å². The highest BCUT2D eigenvalue weighted by atomic mass is 79.9. The zero-order chi connectivity index (χ0) is 26.8. The van der Waals surface area contributed by atoms with Crippen LogP contribution in [0.25, 0.3) is 11.1 Å². The van der Waals surface area contributed by atoms with E-state index >= 15 is 0 Å². The van der Waals surface area contributed by atoms with Crippen molar-refractivity contribution in [2.75, 3.05) is 7.11 Å². The molecule has 3 aromatic carbocycles. The number of hydrogen-bond donors (Lipinski definition) is 0. The first-order chi connectivity index (χ1) is 16.8. The van der Waals surface area contributed by atoms with E-state index in [4.69, 9.17) is 9.47 Å². The fourth-order valence-corrected chi connectivity index (χ4v) is 7.31. The molecule has 3 rings (SSSR count). The van der Waals surface area contributed by atoms with Gasteiger partial charge in [-0.15, -0.1) is 0 Å². The van der Waals surface area contributed by atoms with Gasteiger partial charge in [-0.25, -0.2) is 13.2 Å². The molecule has 0 fully saturated rings. The number of carbonyl (C=O) groups excluding carboxylic acids is 1. The average Bonchev–Trinajstić information content (AvgIpc) is 2.80. The molecule has 0 radical (unpaired) electrons. The summed E-state index contributed by atoms with van der Waals surface area (Å²) >= 11 is 3.61. The van der Waals surface area contributed by atoms with Crippen molar-refractivity contribution in [1.82, 2.24) is 0 Å². The Kier molecular flexibility index (Phi) is 8.48. The second-order valence-electron chi connectivity index (χ2n) is 9.93. The lowest BCUT2D eigenvalue weighted by Crippen LogP contribution is -2.29. The summed E-state index contributed by atoms with van der Waals surface area (Å²) in [5.74, 6) is -0.756. The lowest BCUT2D eigenvalue weighted by molar-refractivity contribution is -0.164. The molecule has 0 N–H and O–H groups in total. The third-order valence-corrected chi connectivity index (χ3v) is 9.02. The molecule has 192 valence electrons. The van der Waals surface area contributed by atoms with Crippen LogP contribution in [0.1, 0.15) is 54.7 Å². The van der Waals surface area contributed by atoms with E-state index in [2.05, 4.69) is 15.9 Å². The van der Waals surface area contributed by atoms with Crippen molar-refractivity contribution >= 4 is 31.7 Å². The Balaban J connectivity index is 2.40. The molecule has 0 saturated heterocycles. The Hall–Kier alpha value is -2.48. The van der Waals surface area contributed by atoms with Crippen molar-refractivity contribution in [3.05, 3.63) is 86.9 Å². The lowest BCUT2D eigenvalue weighted by atomic mass is 9.88. The fraction of sp³-hybridized carbons (Fsp3) is 0.345. The minimum atomic E-state index is -3.79. The van der Waals surface area contributed by atoms with Gasteiger partial charge in [-0.05, 0) is 85.3 Å². The number of carbonyl (C=O) groups is 1. The molecule has 3 aromatic rings. The van der Waals surface area contributed by atoms with Crippen molar-refractivity contribution < 1.29 is 22.7 Å². The van der Waals surface area contributed by atoms with E-state index in [0.717, 1.165) is 16.7 Å². The number of hydrogen-bond acceptors (Lipinski definition) is 5. The zero-order valence-electron chi connectivity index (χ0n) is 21.8. The van der Waals surface area contributed by atoms with Crippen molar-refractivity contribution in [2.24, 2.45) is 0 Å². The van der Waals surface area contributed by atoms with Gasteiger partial charge in [0.1, 0.15) is 0 Å². The van der Waals surface area contributed by atoms with Gasteiger partial charge in [-0.3, -0.25) is 0 Å². The number of aryl methyl sites for hydroxylation is 1. The summed E-state index contributed by atoms with van der Waals surface area (Å²) in [4.78, 5) is 13.3. The van der Waals surface area contributed by atoms with E-state index in [1.807, 2.05) is 77.1 Å². The Labute approximate surface area is 222 Å². The fourth-order valence-electron chi connectivity index (χ4n) is 4.30. The van der Waals surface area contributed by atoms with Crippen LogP contribution in [0.4, 0.5) is 0 Å². The molecule has 0 spiro atoms. The van der Waals surface area contributed by atoms with Crippen molar-refractivity contribution in [3.63, 3.8) is 0 Å². The normalized spacial score (nSPS) is 12.9. The third-order valence-electron chi connectivity index (χ3n) is 5.92. The maximum atomic E-state index is 13.8. The summed E-state index contributed by atoms with van der Waals surface area (Å²) in [6.45, 7) is 11.1. The summed E-state index contributed by atoms with van der Waals surface area (Å²) in [7, 11) is -2.48. The number of ether oxygens (including phenoxy) is 2. The van der Waals surface area contributed by atoms with Crippen LogP contribution in [-0.4, -0.2) is 27.1 Å². The van der Waals surface area contributed by atoms with Gasteiger partial charge in [0.2, 0.25) is 0 Å². The van der Waals surface area contributed by atoms with E-state index in [0.29, 0.717) is 26.7 Å². The molecule has 0 aromatic heterocycles. The number of benzene rings is 3. The Bertz CT molecular complexity index is 1360. The monoisotopic (exact) mass is 572 g/mol. The maximum absolute atomic E-state index is 13.8. The van der Waals surface area contributed by atoms with Gasteiger partial charge in [0.05, 0.1) is 23.4 Å². The Morgan fingerprint density at radius 2 is 1.53 bits per heavy atom. The van der Waals surface area contributed by atoms with Crippen molar-refractivity contribution in [3.8, 4) is 11.1 Å². The highest BCUT2D eigenvalue weighted by Gasteiger charge is 2.36. The predicted octanol–water partition coefficient (Wildman–Crippen LogP) is 7.04. The zero-order valence-corrected chi connectivity index (χ0v) is 24.2. The quantitative estimate of drug-likeness (QED) is 0.284. The molecule has 5 nitrogen and oxygen atoms in total. The number of sulfone groups is 1. The third kappa shape index (κ3) is 6.07. The highest BCUT2D eigenvalue weighted by Crippen LogP contribution is 2.45. The molecule has 0 unspecified atom stereocenters. The molecule has 0 amide bonds. The Morgan fingerprint density at radius 1 is 0.944 bits per heavy atom. The number of rotatable bonds is 7. The topological polar surface area (TPSA) is 69.7 Å². The minimum Gasteiger partial charge on any atom is -0.467 e. The first kappa shape index (κ1) is 28.1. The van der Waals surface area contributed by atoms with Gasteiger partial charge in [0.25, 0.3) is 0 Å². The summed E-state index contributed by atoms with van der Waals surface area (Å²) in [6, 6.07) is 17.0. The molecule has 0 bridgehead atoms. The van der Waals surface area contributed by atoms with E-state index in [-0.39, 0.29) is 10.6 Å². The van der Waals surface area contributed by atoms with Crippen LogP contribution in [-0.2, 0) is 29.9 Å². The van der Waals surface area contributed by atoms with Gasteiger partial charge in [0, 0.05) is 10.0 Å². The van der Waals surface area contributed by atoms with Crippen LogP contribution in [0.3, 0.4) is 0 Å². The smallest absolute Gasteiger partial charge is 0.339 e. The molecule has 1 atom stereocenters. The van der Waals surface area contributed by atoms with Gasteiger partial charge >= 0.3 is 5.97 Å². The number of methoxy groups -OCH3 is 1. The first-order valence-corrected chi connectivity index (χ1v) is 14.1. The van der Waals surface area contributed by atoms with E-state index in [9.17, 15) is 13.2 Å². The summed E-state index contributed by atoms with van der Waals surface area (Å²) in [6.07, 6.45) is -1.12. The van der Waals surface area contributed by atoms with Gasteiger partial charge in [-0.2, -0.15) is 0 Å². The molecule has 0 aliphatic heterocycles. The predicted molar refractivity (Wildman–Crippen MR) is 147 cm³/mol. The van der Waals surface area contributed by atoms with Crippen LogP contribution in [0.2, 0.25) is 0 Å². The van der Waals surface area contributed by atoms with E-state index < -0.39 is 27.5 Å². The summed E-state index contributed by atoms with van der Waals surface area (Å²) < 4.78 is 39.5. The lowest BCUT2D eigenvalue weighted by Gasteiger charge is -2.30. The summed E-state index contributed by atoms with van der Waals surface area (Å²) in [5, 5.41) is 0. The van der Waals surface area contributed by atoms with Gasteiger partial charge < -0.3 is 9.47 Å². The minimum absolute atomic E-state index is 0.154. The average molecular weight is 574 g/mol. The van der Waals surface area contributed by atoms with Gasteiger partial charge in [0.15, 0.2) is 15.9 Å². The summed E-state index contributed by atoms with van der Waals surface area (Å²) in [5.41, 5.74) is 4.34. The highest BCUT2D eigenvalue weighted by molar-refractivity contribution is 9.10. The van der Waals surface area contributed by atoms with Crippen molar-refractivity contribution in [1.29, 1.82) is 0 Å².